The van der Waals surface area contributed by atoms with Crippen molar-refractivity contribution in [2.24, 2.45) is 0 Å². The van der Waals surface area contributed by atoms with Crippen LogP contribution in [0.5, 0.6) is 0 Å². The second-order valence-corrected chi connectivity index (χ2v) is 2.46. The number of anilines is 1. The van der Waals surface area contributed by atoms with Gasteiger partial charge >= 0.3 is 0 Å². The Morgan fingerprint density at radius 2 is 2.18 bits per heavy atom. The molecular formula is C8H10FNO. The molecular weight excluding hydrogens is 145 g/mol. The lowest BCUT2D eigenvalue weighted by molar-refractivity contribution is 0.194. The van der Waals surface area contributed by atoms with Crippen molar-refractivity contribution in [3.8, 4) is 0 Å². The third-order valence-corrected chi connectivity index (χ3v) is 1.47. The standard InChI is InChI=1S/C8H10FNO/c1-5(11)7-4-6(10)2-3-8(7)9/h2-5,11H,10H2,1H3. The molecule has 0 aliphatic heterocycles. The molecule has 2 nitrogen and oxygen atoms in total. The maximum absolute atomic E-state index is 12.8. The third kappa shape index (κ3) is 1.68. The average Bonchev–Trinajstić information content (AvgIpc) is 1.94. The summed E-state index contributed by atoms with van der Waals surface area (Å²) >= 11 is 0. The molecule has 0 amide bonds. The normalized spacial score (nSPS) is 13.0. The summed E-state index contributed by atoms with van der Waals surface area (Å²) in [7, 11) is 0. The number of nitrogen functional groups attached to an aromatic ring is 1. The number of hydrogen-bond donors (Lipinski definition) is 2. The second-order valence-electron chi connectivity index (χ2n) is 2.46. The lowest BCUT2D eigenvalue weighted by atomic mass is 10.1. The fraction of sp³-hybridized carbons (Fsp3) is 0.250. The van der Waals surface area contributed by atoms with Crippen LogP contribution >= 0.6 is 0 Å². The SMILES string of the molecule is CC(O)c1cc(N)ccc1F. The topological polar surface area (TPSA) is 46.2 Å². The Morgan fingerprint density at radius 1 is 1.55 bits per heavy atom. The summed E-state index contributed by atoms with van der Waals surface area (Å²) in [6.07, 6.45) is -0.807. The van der Waals surface area contributed by atoms with Gasteiger partial charge in [-0.25, -0.2) is 4.39 Å². The minimum Gasteiger partial charge on any atom is -0.399 e. The van der Waals surface area contributed by atoms with Crippen LogP contribution in [0.1, 0.15) is 18.6 Å². The predicted molar refractivity (Wildman–Crippen MR) is 41.4 cm³/mol. The Hall–Kier alpha value is -1.09. The van der Waals surface area contributed by atoms with Gasteiger partial charge in [-0.05, 0) is 25.1 Å². The van der Waals surface area contributed by atoms with Crippen molar-refractivity contribution in [3.05, 3.63) is 29.6 Å². The zero-order valence-electron chi connectivity index (χ0n) is 6.21. The molecule has 60 valence electrons. The fourth-order valence-electron chi connectivity index (χ4n) is 0.882. The Bertz CT molecular complexity index is 260. The molecule has 3 N–H and O–H groups in total. The molecule has 1 aromatic carbocycles. The summed E-state index contributed by atoms with van der Waals surface area (Å²) in [5.74, 6) is -0.422. The van der Waals surface area contributed by atoms with Crippen molar-refractivity contribution >= 4 is 5.69 Å². The van der Waals surface area contributed by atoms with E-state index in [9.17, 15) is 4.39 Å². The predicted octanol–water partition coefficient (Wildman–Crippen LogP) is 1.46. The third-order valence-electron chi connectivity index (χ3n) is 1.47. The Kier molecular flexibility index (Phi) is 2.10. The van der Waals surface area contributed by atoms with E-state index in [1.54, 1.807) is 0 Å². The molecule has 3 heteroatoms. The van der Waals surface area contributed by atoms with Crippen LogP contribution in [0.25, 0.3) is 0 Å². The van der Waals surface area contributed by atoms with Gasteiger partial charge in [0.2, 0.25) is 0 Å². The van der Waals surface area contributed by atoms with Gasteiger partial charge in [-0.2, -0.15) is 0 Å². The van der Waals surface area contributed by atoms with Crippen molar-refractivity contribution in [1.29, 1.82) is 0 Å². The van der Waals surface area contributed by atoms with E-state index in [1.807, 2.05) is 0 Å². The van der Waals surface area contributed by atoms with Crippen LogP contribution < -0.4 is 5.73 Å². The van der Waals surface area contributed by atoms with E-state index < -0.39 is 11.9 Å². The Balaban J connectivity index is 3.13. The largest absolute Gasteiger partial charge is 0.399 e. The first-order chi connectivity index (χ1) is 5.11. The van der Waals surface area contributed by atoms with Crippen LogP contribution in [0.3, 0.4) is 0 Å². The van der Waals surface area contributed by atoms with Gasteiger partial charge in [-0.3, -0.25) is 0 Å². The lowest BCUT2D eigenvalue weighted by Gasteiger charge is -2.05. The first-order valence-corrected chi connectivity index (χ1v) is 3.34. The summed E-state index contributed by atoms with van der Waals surface area (Å²) in [4.78, 5) is 0. The van der Waals surface area contributed by atoms with Crippen LogP contribution in [0.2, 0.25) is 0 Å². The first-order valence-electron chi connectivity index (χ1n) is 3.34. The number of nitrogens with two attached hydrogens (primary N) is 1. The van der Waals surface area contributed by atoms with Gasteiger partial charge in [0.15, 0.2) is 0 Å². The molecule has 0 aliphatic rings. The van der Waals surface area contributed by atoms with Crippen molar-refractivity contribution in [3.63, 3.8) is 0 Å². The van der Waals surface area contributed by atoms with Crippen LogP contribution in [0, 0.1) is 5.82 Å². The van der Waals surface area contributed by atoms with Crippen molar-refractivity contribution in [2.75, 3.05) is 5.73 Å². The lowest BCUT2D eigenvalue weighted by Crippen LogP contribution is -1.97. The maximum Gasteiger partial charge on any atom is 0.129 e. The zero-order chi connectivity index (χ0) is 8.43. The second kappa shape index (κ2) is 2.88. The van der Waals surface area contributed by atoms with E-state index in [-0.39, 0.29) is 5.56 Å². The van der Waals surface area contributed by atoms with Crippen LogP contribution in [-0.2, 0) is 0 Å². The number of hydrogen-bond acceptors (Lipinski definition) is 2. The van der Waals surface area contributed by atoms with Gasteiger partial charge in [-0.1, -0.05) is 0 Å². The molecule has 0 aromatic heterocycles. The van der Waals surface area contributed by atoms with Gasteiger partial charge in [0.1, 0.15) is 5.82 Å². The Labute approximate surface area is 64.5 Å². The van der Waals surface area contributed by atoms with Crippen LogP contribution in [0.15, 0.2) is 18.2 Å². The number of benzene rings is 1. The van der Waals surface area contributed by atoms with E-state index in [1.165, 1.54) is 25.1 Å². The molecule has 0 heterocycles. The van der Waals surface area contributed by atoms with Crippen molar-refractivity contribution in [2.45, 2.75) is 13.0 Å². The van der Waals surface area contributed by atoms with Gasteiger partial charge < -0.3 is 10.8 Å². The van der Waals surface area contributed by atoms with E-state index in [0.29, 0.717) is 5.69 Å². The minimum atomic E-state index is -0.807. The van der Waals surface area contributed by atoms with E-state index in [0.717, 1.165) is 0 Å². The summed E-state index contributed by atoms with van der Waals surface area (Å²) in [6.45, 7) is 1.50. The van der Waals surface area contributed by atoms with Gasteiger partial charge in [0.05, 0.1) is 6.10 Å². The summed E-state index contributed by atoms with van der Waals surface area (Å²) in [6, 6.07) is 4.14. The minimum absolute atomic E-state index is 0.241. The first kappa shape index (κ1) is 8.01. The van der Waals surface area contributed by atoms with Crippen LogP contribution in [-0.4, -0.2) is 5.11 Å². The summed E-state index contributed by atoms with van der Waals surface area (Å²) < 4.78 is 12.8. The zero-order valence-corrected chi connectivity index (χ0v) is 6.21. The number of aliphatic hydroxyl groups is 1. The highest BCUT2D eigenvalue weighted by Crippen LogP contribution is 2.18. The number of halogens is 1. The maximum atomic E-state index is 12.8. The Morgan fingerprint density at radius 3 is 2.64 bits per heavy atom. The van der Waals surface area contributed by atoms with Crippen molar-refractivity contribution < 1.29 is 9.50 Å². The molecule has 0 saturated carbocycles. The molecule has 0 aliphatic carbocycles. The van der Waals surface area contributed by atoms with Crippen LogP contribution in [0.4, 0.5) is 10.1 Å². The smallest absolute Gasteiger partial charge is 0.129 e. The molecule has 1 unspecified atom stereocenters. The number of aliphatic hydroxyl groups excluding tert-OH is 1. The molecule has 11 heavy (non-hydrogen) atoms. The molecule has 1 aromatic rings. The molecule has 1 atom stereocenters. The highest BCUT2D eigenvalue weighted by Gasteiger charge is 2.06. The molecule has 0 spiro atoms. The van der Waals surface area contributed by atoms with Gasteiger partial charge in [-0.15, -0.1) is 0 Å². The molecule has 1 rings (SSSR count). The fourth-order valence-corrected chi connectivity index (χ4v) is 0.882. The van der Waals surface area contributed by atoms with E-state index >= 15 is 0 Å². The highest BCUT2D eigenvalue weighted by molar-refractivity contribution is 5.41. The monoisotopic (exact) mass is 155 g/mol. The average molecular weight is 155 g/mol. The quantitative estimate of drug-likeness (QED) is 0.603. The van der Waals surface area contributed by atoms with E-state index in [4.69, 9.17) is 10.8 Å². The number of rotatable bonds is 1. The molecule has 0 bridgehead atoms. The van der Waals surface area contributed by atoms with Gasteiger partial charge in [0.25, 0.3) is 0 Å². The van der Waals surface area contributed by atoms with Gasteiger partial charge in [0, 0.05) is 11.3 Å². The summed E-state index contributed by atoms with van der Waals surface area (Å²) in [5, 5.41) is 9.03. The summed E-state index contributed by atoms with van der Waals surface area (Å²) in [5.41, 5.74) is 6.09. The van der Waals surface area contributed by atoms with Crippen molar-refractivity contribution in [1.82, 2.24) is 0 Å². The van der Waals surface area contributed by atoms with E-state index in [2.05, 4.69) is 0 Å². The molecule has 0 saturated heterocycles. The molecule has 0 radical (unpaired) electrons. The highest BCUT2D eigenvalue weighted by atomic mass is 19.1. The molecule has 0 fully saturated rings.